The Balaban J connectivity index is 2.16. The molecule has 1 fully saturated rings. The van der Waals surface area contributed by atoms with Gasteiger partial charge in [-0.1, -0.05) is 0 Å². The molecule has 1 rings (SSSR count). The van der Waals surface area contributed by atoms with Crippen LogP contribution in [0.2, 0.25) is 0 Å². The first kappa shape index (κ1) is 18.9. The van der Waals surface area contributed by atoms with Gasteiger partial charge in [-0.25, -0.2) is 0 Å². The molecule has 2 atom stereocenters. The third kappa shape index (κ3) is 6.75. The van der Waals surface area contributed by atoms with E-state index in [1.807, 2.05) is 11.8 Å². The van der Waals surface area contributed by atoms with Gasteiger partial charge in [-0.2, -0.15) is 0 Å². The molecule has 0 aromatic carbocycles. The highest BCUT2D eigenvalue weighted by Gasteiger charge is 2.23. The number of nitrogens with zero attached hydrogens (tertiary/aromatic N) is 1. The number of piperidine rings is 1. The number of nitrogens with one attached hydrogen (secondary N) is 1. The van der Waals surface area contributed by atoms with E-state index in [1.165, 1.54) is 6.42 Å². The molecule has 0 radical (unpaired) electrons. The lowest BCUT2D eigenvalue weighted by Crippen LogP contribution is -2.44. The lowest BCUT2D eigenvalue weighted by atomic mass is 10.0. The molecule has 1 saturated heterocycles. The van der Waals surface area contributed by atoms with Gasteiger partial charge in [0.1, 0.15) is 6.10 Å². The zero-order valence-corrected chi connectivity index (χ0v) is 14.1. The second kappa shape index (κ2) is 10.6. The first-order valence-electron chi connectivity index (χ1n) is 8.32. The fourth-order valence-electron chi connectivity index (χ4n) is 2.55. The molecule has 0 aromatic heterocycles. The van der Waals surface area contributed by atoms with Crippen LogP contribution < -0.4 is 5.32 Å². The number of ether oxygens (including phenoxy) is 2. The monoisotopic (exact) mass is 314 g/mol. The van der Waals surface area contributed by atoms with Crippen LogP contribution in [-0.4, -0.2) is 61.8 Å². The van der Waals surface area contributed by atoms with Crippen molar-refractivity contribution in [3.63, 3.8) is 0 Å². The number of hydrogen-bond acceptors (Lipinski definition) is 4. The van der Waals surface area contributed by atoms with Gasteiger partial charge in [-0.15, -0.1) is 0 Å². The Morgan fingerprint density at radius 3 is 2.77 bits per heavy atom. The maximum atomic E-state index is 12.1. The van der Waals surface area contributed by atoms with Crippen molar-refractivity contribution < 1.29 is 19.1 Å². The molecular formula is C16H30N2O4. The molecule has 6 nitrogen and oxygen atoms in total. The fraction of sp³-hybridized carbons (Fsp3) is 0.875. The van der Waals surface area contributed by atoms with Crippen molar-refractivity contribution in [1.82, 2.24) is 10.2 Å². The van der Waals surface area contributed by atoms with E-state index in [-0.39, 0.29) is 11.8 Å². The van der Waals surface area contributed by atoms with Crippen molar-refractivity contribution in [2.75, 3.05) is 32.9 Å². The largest absolute Gasteiger partial charge is 0.379 e. The quantitative estimate of drug-likeness (QED) is 0.652. The molecule has 22 heavy (non-hydrogen) atoms. The summed E-state index contributed by atoms with van der Waals surface area (Å²) < 4.78 is 10.5. The molecule has 0 aromatic rings. The van der Waals surface area contributed by atoms with E-state index in [0.717, 1.165) is 19.4 Å². The van der Waals surface area contributed by atoms with Gasteiger partial charge in [0.2, 0.25) is 11.8 Å². The SMILES string of the molecule is CCOCCO[C@H](C)C(=O)NCCC(=O)N1CCCC[C@@H]1C. The van der Waals surface area contributed by atoms with Gasteiger partial charge in [0.05, 0.1) is 13.2 Å². The predicted octanol–water partition coefficient (Wildman–Crippen LogP) is 1.34. The molecule has 0 saturated carbocycles. The lowest BCUT2D eigenvalue weighted by Gasteiger charge is -2.33. The molecule has 0 bridgehead atoms. The third-order valence-electron chi connectivity index (χ3n) is 3.93. The Labute approximate surface area is 133 Å². The van der Waals surface area contributed by atoms with Gasteiger partial charge < -0.3 is 19.7 Å². The summed E-state index contributed by atoms with van der Waals surface area (Å²) in [5.74, 6) is -0.0617. The number of rotatable bonds is 9. The molecule has 1 aliphatic heterocycles. The van der Waals surface area contributed by atoms with Crippen LogP contribution >= 0.6 is 0 Å². The van der Waals surface area contributed by atoms with E-state index < -0.39 is 6.10 Å². The molecule has 128 valence electrons. The van der Waals surface area contributed by atoms with Crippen LogP contribution in [0, 0.1) is 0 Å². The minimum Gasteiger partial charge on any atom is -0.379 e. The summed E-state index contributed by atoms with van der Waals surface area (Å²) in [6, 6.07) is 0.317. The zero-order valence-electron chi connectivity index (χ0n) is 14.1. The summed E-state index contributed by atoms with van der Waals surface area (Å²) in [6.07, 6.45) is 3.17. The minimum absolute atomic E-state index is 0.123. The lowest BCUT2D eigenvalue weighted by molar-refractivity contribution is -0.135. The standard InChI is InChI=1S/C16H30N2O4/c1-4-21-11-12-22-14(3)16(20)17-9-8-15(19)18-10-6-5-7-13(18)2/h13-14H,4-12H2,1-3H3,(H,17,20)/t13-,14+/m0/s1. The van der Waals surface area contributed by atoms with Gasteiger partial charge in [-0.3, -0.25) is 9.59 Å². The van der Waals surface area contributed by atoms with Crippen molar-refractivity contribution in [2.45, 2.75) is 58.6 Å². The second-order valence-electron chi connectivity index (χ2n) is 5.68. The normalized spacial score (nSPS) is 19.8. The van der Waals surface area contributed by atoms with Crippen LogP contribution in [0.4, 0.5) is 0 Å². The van der Waals surface area contributed by atoms with Crippen LogP contribution in [0.15, 0.2) is 0 Å². The number of likely N-dealkylation sites (tertiary alicyclic amines) is 1. The first-order valence-corrected chi connectivity index (χ1v) is 8.32. The van der Waals surface area contributed by atoms with Gasteiger partial charge in [0.25, 0.3) is 0 Å². The van der Waals surface area contributed by atoms with Crippen LogP contribution in [-0.2, 0) is 19.1 Å². The van der Waals surface area contributed by atoms with E-state index in [1.54, 1.807) is 6.92 Å². The fourth-order valence-corrected chi connectivity index (χ4v) is 2.55. The van der Waals surface area contributed by atoms with Crippen molar-refractivity contribution in [1.29, 1.82) is 0 Å². The summed E-state index contributed by atoms with van der Waals surface area (Å²) >= 11 is 0. The Hall–Kier alpha value is -1.14. The summed E-state index contributed by atoms with van der Waals surface area (Å²) in [4.78, 5) is 25.9. The molecule has 2 amide bonds. The summed E-state index contributed by atoms with van der Waals surface area (Å²) in [5.41, 5.74) is 0. The van der Waals surface area contributed by atoms with Gasteiger partial charge >= 0.3 is 0 Å². The van der Waals surface area contributed by atoms with Gasteiger partial charge in [0.15, 0.2) is 0 Å². The molecule has 0 aliphatic carbocycles. The number of carbonyl (C=O) groups is 2. The smallest absolute Gasteiger partial charge is 0.248 e. The third-order valence-corrected chi connectivity index (χ3v) is 3.93. The molecule has 6 heteroatoms. The summed E-state index contributed by atoms with van der Waals surface area (Å²) in [5, 5.41) is 2.76. The topological polar surface area (TPSA) is 67.9 Å². The van der Waals surface area contributed by atoms with Crippen LogP contribution in [0.5, 0.6) is 0 Å². The highest BCUT2D eigenvalue weighted by atomic mass is 16.5. The highest BCUT2D eigenvalue weighted by molar-refractivity contribution is 5.81. The molecule has 1 heterocycles. The molecule has 1 N–H and O–H groups in total. The molecule has 0 unspecified atom stereocenters. The van der Waals surface area contributed by atoms with E-state index in [2.05, 4.69) is 12.2 Å². The molecular weight excluding hydrogens is 284 g/mol. The maximum Gasteiger partial charge on any atom is 0.248 e. The molecule has 0 spiro atoms. The van der Waals surface area contributed by atoms with Crippen LogP contribution in [0.3, 0.4) is 0 Å². The number of hydrogen-bond donors (Lipinski definition) is 1. The number of carbonyl (C=O) groups excluding carboxylic acids is 2. The van der Waals surface area contributed by atoms with E-state index >= 15 is 0 Å². The summed E-state index contributed by atoms with van der Waals surface area (Å²) in [7, 11) is 0. The Morgan fingerprint density at radius 2 is 2.09 bits per heavy atom. The van der Waals surface area contributed by atoms with Gasteiger partial charge in [-0.05, 0) is 40.0 Å². The van der Waals surface area contributed by atoms with Crippen molar-refractivity contribution in [3.8, 4) is 0 Å². The van der Waals surface area contributed by atoms with Crippen molar-refractivity contribution in [2.24, 2.45) is 0 Å². The predicted molar refractivity (Wildman–Crippen MR) is 84.6 cm³/mol. The molecule has 1 aliphatic rings. The zero-order chi connectivity index (χ0) is 16.4. The average Bonchev–Trinajstić information content (AvgIpc) is 2.51. The van der Waals surface area contributed by atoms with Gasteiger partial charge in [0, 0.05) is 32.2 Å². The maximum absolute atomic E-state index is 12.1. The Kier molecular flexibility index (Phi) is 9.08. The average molecular weight is 314 g/mol. The Morgan fingerprint density at radius 1 is 1.32 bits per heavy atom. The van der Waals surface area contributed by atoms with Crippen LogP contribution in [0.25, 0.3) is 0 Å². The van der Waals surface area contributed by atoms with Crippen molar-refractivity contribution in [3.05, 3.63) is 0 Å². The first-order chi connectivity index (χ1) is 10.6. The Bertz CT molecular complexity index is 349. The van der Waals surface area contributed by atoms with Crippen LogP contribution in [0.1, 0.15) is 46.5 Å². The minimum atomic E-state index is -0.524. The highest BCUT2D eigenvalue weighted by Crippen LogP contribution is 2.16. The van der Waals surface area contributed by atoms with E-state index in [0.29, 0.717) is 38.8 Å². The van der Waals surface area contributed by atoms with E-state index in [9.17, 15) is 9.59 Å². The van der Waals surface area contributed by atoms with Crippen molar-refractivity contribution >= 4 is 11.8 Å². The summed E-state index contributed by atoms with van der Waals surface area (Å²) in [6.45, 7) is 8.42. The number of amides is 2. The van der Waals surface area contributed by atoms with E-state index in [4.69, 9.17) is 9.47 Å². The second-order valence-corrected chi connectivity index (χ2v) is 5.68.